The predicted molar refractivity (Wildman–Crippen MR) is 105 cm³/mol. The Hall–Kier alpha value is -2.70. The first-order valence-corrected chi connectivity index (χ1v) is 9.26. The zero-order valence-corrected chi connectivity index (χ0v) is 16.7. The lowest BCUT2D eigenvalue weighted by Gasteiger charge is -2.21. The van der Waals surface area contributed by atoms with Gasteiger partial charge in [0.15, 0.2) is 17.2 Å². The molecule has 1 aromatic carbocycles. The maximum Gasteiger partial charge on any atom is 0.415 e. The molecule has 0 aliphatic carbocycles. The highest BCUT2D eigenvalue weighted by molar-refractivity contribution is 5.92. The van der Waals surface area contributed by atoms with Crippen LogP contribution in [0, 0.1) is 0 Å². The van der Waals surface area contributed by atoms with Crippen molar-refractivity contribution in [1.82, 2.24) is 9.47 Å². The standard InChI is InChI=1S/C20H28N2O5/c1-6-9-22(10-7-2)20(24)27-18-13-21(8-3)19(23)15-12-17(26-5)16(25-4)11-14(15)18/h11-13H,6-10H2,1-5H3. The van der Waals surface area contributed by atoms with Gasteiger partial charge >= 0.3 is 6.09 Å². The van der Waals surface area contributed by atoms with E-state index in [1.165, 1.54) is 18.8 Å². The molecule has 1 amide bonds. The second-order valence-corrected chi connectivity index (χ2v) is 6.19. The zero-order valence-electron chi connectivity index (χ0n) is 16.7. The van der Waals surface area contributed by atoms with Gasteiger partial charge in [-0.3, -0.25) is 4.79 Å². The Morgan fingerprint density at radius 2 is 1.52 bits per heavy atom. The van der Waals surface area contributed by atoms with Crippen molar-refractivity contribution < 1.29 is 19.0 Å². The molecule has 0 aliphatic rings. The first kappa shape index (κ1) is 20.6. The first-order valence-electron chi connectivity index (χ1n) is 9.26. The molecule has 0 bridgehead atoms. The molecule has 0 aliphatic heterocycles. The van der Waals surface area contributed by atoms with Gasteiger partial charge in [-0.25, -0.2) is 4.79 Å². The number of amides is 1. The Balaban J connectivity index is 2.59. The fraction of sp³-hybridized carbons (Fsp3) is 0.500. The number of aryl methyl sites for hydroxylation is 1. The van der Waals surface area contributed by atoms with Crippen LogP contribution in [0.5, 0.6) is 17.2 Å². The summed E-state index contributed by atoms with van der Waals surface area (Å²) in [5, 5.41) is 0.931. The SMILES string of the molecule is CCCN(CCC)C(=O)Oc1cn(CC)c(=O)c2cc(OC)c(OC)cc12. The Labute approximate surface area is 159 Å². The summed E-state index contributed by atoms with van der Waals surface area (Å²) in [5.41, 5.74) is -0.174. The van der Waals surface area contributed by atoms with E-state index in [0.29, 0.717) is 47.7 Å². The Morgan fingerprint density at radius 3 is 2.00 bits per heavy atom. The van der Waals surface area contributed by atoms with Crippen molar-refractivity contribution in [3.05, 3.63) is 28.7 Å². The van der Waals surface area contributed by atoms with Gasteiger partial charge in [-0.15, -0.1) is 0 Å². The third-order valence-corrected chi connectivity index (χ3v) is 4.34. The number of hydrogen-bond acceptors (Lipinski definition) is 5. The van der Waals surface area contributed by atoms with E-state index >= 15 is 0 Å². The summed E-state index contributed by atoms with van der Waals surface area (Å²) in [6.45, 7) is 7.59. The number of fused-ring (bicyclic) bond motifs is 1. The Kier molecular flexibility index (Phi) is 7.10. The molecule has 2 rings (SSSR count). The van der Waals surface area contributed by atoms with Gasteiger partial charge in [0, 0.05) is 25.0 Å². The number of rotatable bonds is 8. The van der Waals surface area contributed by atoms with Crippen molar-refractivity contribution in [2.75, 3.05) is 27.3 Å². The minimum atomic E-state index is -0.420. The van der Waals surface area contributed by atoms with Crippen molar-refractivity contribution in [1.29, 1.82) is 0 Å². The molecule has 2 aromatic rings. The topological polar surface area (TPSA) is 70.0 Å². The minimum absolute atomic E-state index is 0.174. The van der Waals surface area contributed by atoms with Crippen molar-refractivity contribution in [2.24, 2.45) is 0 Å². The van der Waals surface area contributed by atoms with Gasteiger partial charge in [0.25, 0.3) is 5.56 Å². The summed E-state index contributed by atoms with van der Waals surface area (Å²) < 4.78 is 17.9. The summed E-state index contributed by atoms with van der Waals surface area (Å²) in [7, 11) is 3.03. The van der Waals surface area contributed by atoms with E-state index < -0.39 is 6.09 Å². The molecule has 148 valence electrons. The molecular formula is C20H28N2O5. The second-order valence-electron chi connectivity index (χ2n) is 6.19. The van der Waals surface area contributed by atoms with Crippen LogP contribution in [0.25, 0.3) is 10.8 Å². The molecular weight excluding hydrogens is 348 g/mol. The van der Waals surface area contributed by atoms with Crippen molar-refractivity contribution in [3.8, 4) is 17.2 Å². The minimum Gasteiger partial charge on any atom is -0.493 e. The van der Waals surface area contributed by atoms with Gasteiger partial charge in [0.05, 0.1) is 25.8 Å². The van der Waals surface area contributed by atoms with E-state index in [1.54, 1.807) is 23.2 Å². The van der Waals surface area contributed by atoms with Gasteiger partial charge in [0.1, 0.15) is 0 Å². The number of ether oxygens (including phenoxy) is 3. The van der Waals surface area contributed by atoms with Crippen LogP contribution in [0.4, 0.5) is 4.79 Å². The molecule has 0 radical (unpaired) electrons. The third-order valence-electron chi connectivity index (χ3n) is 4.34. The Bertz CT molecular complexity index is 854. The molecule has 0 spiro atoms. The highest BCUT2D eigenvalue weighted by Crippen LogP contribution is 2.35. The highest BCUT2D eigenvalue weighted by atomic mass is 16.6. The summed E-state index contributed by atoms with van der Waals surface area (Å²) in [6.07, 6.45) is 2.84. The number of pyridine rings is 1. The molecule has 7 nitrogen and oxygen atoms in total. The molecule has 27 heavy (non-hydrogen) atoms. The summed E-state index contributed by atoms with van der Waals surface area (Å²) in [6, 6.07) is 3.29. The lowest BCUT2D eigenvalue weighted by Crippen LogP contribution is -2.35. The smallest absolute Gasteiger partial charge is 0.415 e. The summed E-state index contributed by atoms with van der Waals surface area (Å²) >= 11 is 0. The van der Waals surface area contributed by atoms with E-state index in [2.05, 4.69) is 0 Å². The largest absolute Gasteiger partial charge is 0.493 e. The van der Waals surface area contributed by atoms with Crippen LogP contribution in [0.1, 0.15) is 33.6 Å². The fourth-order valence-corrected chi connectivity index (χ4v) is 2.99. The van der Waals surface area contributed by atoms with Crippen LogP contribution in [0.2, 0.25) is 0 Å². The number of nitrogens with zero attached hydrogens (tertiary/aromatic N) is 2. The van der Waals surface area contributed by atoms with Crippen LogP contribution in [-0.4, -0.2) is 42.9 Å². The summed E-state index contributed by atoms with van der Waals surface area (Å²) in [5.74, 6) is 1.25. The molecule has 0 fully saturated rings. The van der Waals surface area contributed by atoms with Crippen LogP contribution in [0.15, 0.2) is 23.1 Å². The fourth-order valence-electron chi connectivity index (χ4n) is 2.99. The van der Waals surface area contributed by atoms with Gasteiger partial charge in [0.2, 0.25) is 0 Å². The maximum absolute atomic E-state index is 12.7. The monoisotopic (exact) mass is 376 g/mol. The molecule has 7 heteroatoms. The summed E-state index contributed by atoms with van der Waals surface area (Å²) in [4.78, 5) is 27.1. The Morgan fingerprint density at radius 1 is 0.963 bits per heavy atom. The van der Waals surface area contributed by atoms with Crippen LogP contribution < -0.4 is 19.8 Å². The van der Waals surface area contributed by atoms with Gasteiger partial charge in [-0.2, -0.15) is 0 Å². The number of hydrogen-bond donors (Lipinski definition) is 0. The van der Waals surface area contributed by atoms with E-state index in [1.807, 2.05) is 20.8 Å². The van der Waals surface area contributed by atoms with Crippen molar-refractivity contribution >= 4 is 16.9 Å². The van der Waals surface area contributed by atoms with E-state index in [0.717, 1.165) is 12.8 Å². The normalized spacial score (nSPS) is 10.7. The van der Waals surface area contributed by atoms with E-state index in [4.69, 9.17) is 14.2 Å². The molecule has 1 aromatic heterocycles. The van der Waals surface area contributed by atoms with Gasteiger partial charge < -0.3 is 23.7 Å². The molecule has 0 unspecified atom stereocenters. The van der Waals surface area contributed by atoms with E-state index in [9.17, 15) is 9.59 Å². The second kappa shape index (κ2) is 9.30. The third kappa shape index (κ3) is 4.35. The maximum atomic E-state index is 12.7. The predicted octanol–water partition coefficient (Wildman–Crippen LogP) is 3.66. The average Bonchev–Trinajstić information content (AvgIpc) is 2.68. The molecule has 0 N–H and O–H groups in total. The van der Waals surface area contributed by atoms with E-state index in [-0.39, 0.29) is 5.56 Å². The molecule has 0 saturated carbocycles. The number of methoxy groups -OCH3 is 2. The van der Waals surface area contributed by atoms with Gasteiger partial charge in [-0.1, -0.05) is 13.8 Å². The number of benzene rings is 1. The molecule has 0 atom stereocenters. The number of carbonyl (C=O) groups excluding carboxylic acids is 1. The van der Waals surface area contributed by atoms with Crippen molar-refractivity contribution in [2.45, 2.75) is 40.2 Å². The average molecular weight is 376 g/mol. The molecule has 1 heterocycles. The lowest BCUT2D eigenvalue weighted by molar-refractivity contribution is 0.152. The van der Waals surface area contributed by atoms with Gasteiger partial charge in [-0.05, 0) is 31.9 Å². The van der Waals surface area contributed by atoms with Crippen LogP contribution in [-0.2, 0) is 6.54 Å². The zero-order chi connectivity index (χ0) is 20.0. The first-order chi connectivity index (χ1) is 13.0. The molecule has 0 saturated heterocycles. The van der Waals surface area contributed by atoms with Crippen molar-refractivity contribution in [3.63, 3.8) is 0 Å². The number of carbonyl (C=O) groups is 1. The van der Waals surface area contributed by atoms with Crippen LogP contribution >= 0.6 is 0 Å². The quantitative estimate of drug-likeness (QED) is 0.703. The van der Waals surface area contributed by atoms with Crippen LogP contribution in [0.3, 0.4) is 0 Å². The lowest BCUT2D eigenvalue weighted by atomic mass is 10.1. The highest BCUT2D eigenvalue weighted by Gasteiger charge is 2.19. The number of aromatic nitrogens is 1.